The third-order valence-corrected chi connectivity index (χ3v) is 5.10. The second-order valence-electron chi connectivity index (χ2n) is 6.23. The minimum atomic E-state index is -0.790. The van der Waals surface area contributed by atoms with Gasteiger partial charge >= 0.3 is 12.1 Å². The summed E-state index contributed by atoms with van der Waals surface area (Å²) in [6.45, 7) is 3.86. The van der Waals surface area contributed by atoms with Crippen LogP contribution in [0.15, 0.2) is 36.4 Å². The summed E-state index contributed by atoms with van der Waals surface area (Å²) in [7, 11) is 1.63. The molecule has 158 valence electrons. The Labute approximate surface area is 179 Å². The van der Waals surface area contributed by atoms with E-state index in [1.165, 1.54) is 18.7 Å². The van der Waals surface area contributed by atoms with Crippen molar-refractivity contribution < 1.29 is 28.5 Å². The lowest BCUT2D eigenvalue weighted by Crippen LogP contribution is -2.15. The number of rotatable bonds is 10. The maximum atomic E-state index is 12.3. The number of ether oxygens (including phenoxy) is 4. The quantitative estimate of drug-likeness (QED) is 0.293. The fourth-order valence-corrected chi connectivity index (χ4v) is 3.23. The van der Waals surface area contributed by atoms with Gasteiger partial charge in [-0.25, -0.2) is 4.79 Å². The second kappa shape index (κ2) is 11.8. The summed E-state index contributed by atoms with van der Waals surface area (Å²) in [5, 5.41) is 2.09. The van der Waals surface area contributed by atoms with E-state index in [0.29, 0.717) is 18.1 Å². The van der Waals surface area contributed by atoms with Gasteiger partial charge in [-0.2, -0.15) is 11.8 Å². The molecule has 2 unspecified atom stereocenters. The molecule has 0 fully saturated rings. The normalized spacial score (nSPS) is 12.8. The van der Waals surface area contributed by atoms with Crippen molar-refractivity contribution in [1.82, 2.24) is 0 Å². The van der Waals surface area contributed by atoms with Crippen molar-refractivity contribution in [2.45, 2.75) is 25.3 Å². The van der Waals surface area contributed by atoms with Gasteiger partial charge in [0.05, 0.1) is 13.0 Å². The molecule has 2 rings (SSSR count). The summed E-state index contributed by atoms with van der Waals surface area (Å²) in [4.78, 5) is 23.5. The van der Waals surface area contributed by atoms with Crippen LogP contribution in [0.1, 0.15) is 25.3 Å². The SMILES string of the molecule is COc1ccc2cc(C(C)C(=O)OCCSCCOC(=O)OC(C)Cl)ccc2c1. The van der Waals surface area contributed by atoms with Gasteiger partial charge in [-0.05, 0) is 42.3 Å². The zero-order valence-corrected chi connectivity index (χ0v) is 18.3. The third-order valence-electron chi connectivity index (χ3n) is 4.10. The molecule has 0 aliphatic carbocycles. The van der Waals surface area contributed by atoms with Gasteiger partial charge in [0.1, 0.15) is 19.0 Å². The summed E-state index contributed by atoms with van der Waals surface area (Å²) in [5.74, 6) is 1.36. The van der Waals surface area contributed by atoms with Crippen LogP contribution >= 0.6 is 23.4 Å². The van der Waals surface area contributed by atoms with E-state index >= 15 is 0 Å². The molecule has 0 saturated carbocycles. The van der Waals surface area contributed by atoms with Crippen LogP contribution in [0.2, 0.25) is 0 Å². The highest BCUT2D eigenvalue weighted by molar-refractivity contribution is 7.99. The lowest BCUT2D eigenvalue weighted by atomic mass is 9.98. The van der Waals surface area contributed by atoms with Gasteiger partial charge in [0.25, 0.3) is 0 Å². The summed E-state index contributed by atoms with van der Waals surface area (Å²) in [6.07, 6.45) is -0.790. The van der Waals surface area contributed by atoms with Crippen LogP contribution < -0.4 is 4.74 Å². The predicted molar refractivity (Wildman–Crippen MR) is 115 cm³/mol. The van der Waals surface area contributed by atoms with Gasteiger partial charge in [0.2, 0.25) is 0 Å². The zero-order valence-electron chi connectivity index (χ0n) is 16.7. The number of halogens is 1. The summed E-state index contributed by atoms with van der Waals surface area (Å²) in [6, 6.07) is 11.7. The Kier molecular flexibility index (Phi) is 9.41. The molecular weight excluding hydrogens is 416 g/mol. The topological polar surface area (TPSA) is 71.1 Å². The molecule has 29 heavy (non-hydrogen) atoms. The molecule has 0 bridgehead atoms. The Morgan fingerprint density at radius 3 is 2.34 bits per heavy atom. The van der Waals surface area contributed by atoms with Crippen LogP contribution in [0.4, 0.5) is 4.79 Å². The number of hydrogen-bond donors (Lipinski definition) is 0. The molecule has 2 aromatic rings. The molecule has 6 nitrogen and oxygen atoms in total. The highest BCUT2D eigenvalue weighted by Gasteiger charge is 2.17. The smallest absolute Gasteiger partial charge is 0.497 e. The largest absolute Gasteiger partial charge is 0.509 e. The number of carbonyl (C=O) groups is 2. The van der Waals surface area contributed by atoms with E-state index in [4.69, 9.17) is 25.8 Å². The van der Waals surface area contributed by atoms with Crippen LogP contribution in [0.3, 0.4) is 0 Å². The molecular formula is C21H25ClO6S. The standard InChI is InChI=1S/C21H25ClO6S/c1-14(16-4-5-18-13-19(25-3)7-6-17(18)12-16)20(23)26-8-10-29-11-9-27-21(24)28-15(2)22/h4-7,12-15H,8-11H2,1-3H3. The van der Waals surface area contributed by atoms with E-state index in [-0.39, 0.29) is 18.5 Å². The number of esters is 1. The van der Waals surface area contributed by atoms with Crippen molar-refractivity contribution in [2.75, 3.05) is 31.8 Å². The fourth-order valence-electron chi connectivity index (χ4n) is 2.55. The third kappa shape index (κ3) is 7.66. The molecule has 0 aliphatic rings. The Hall–Kier alpha value is -2.12. The Morgan fingerprint density at radius 2 is 1.66 bits per heavy atom. The van der Waals surface area contributed by atoms with E-state index in [1.54, 1.807) is 7.11 Å². The molecule has 0 N–H and O–H groups in total. The van der Waals surface area contributed by atoms with Crippen molar-refractivity contribution in [3.63, 3.8) is 0 Å². The number of benzene rings is 2. The van der Waals surface area contributed by atoms with E-state index in [0.717, 1.165) is 22.1 Å². The van der Waals surface area contributed by atoms with Gasteiger partial charge in [0, 0.05) is 11.5 Å². The summed E-state index contributed by atoms with van der Waals surface area (Å²) in [5.41, 5.74) is 0.183. The first-order valence-electron chi connectivity index (χ1n) is 9.20. The molecule has 8 heteroatoms. The number of thioether (sulfide) groups is 1. The highest BCUT2D eigenvalue weighted by atomic mass is 35.5. The van der Waals surface area contributed by atoms with Crippen LogP contribution in [-0.2, 0) is 19.0 Å². The summed E-state index contributed by atoms with van der Waals surface area (Å²) < 4.78 is 20.1. The molecule has 2 aromatic carbocycles. The lowest BCUT2D eigenvalue weighted by Gasteiger charge is -2.13. The van der Waals surface area contributed by atoms with E-state index in [2.05, 4.69) is 4.74 Å². The fraction of sp³-hybridized carbons (Fsp3) is 0.429. The minimum Gasteiger partial charge on any atom is -0.497 e. The highest BCUT2D eigenvalue weighted by Crippen LogP contribution is 2.25. The zero-order chi connectivity index (χ0) is 21.2. The van der Waals surface area contributed by atoms with E-state index < -0.39 is 11.7 Å². The maximum absolute atomic E-state index is 12.3. The maximum Gasteiger partial charge on any atom is 0.509 e. The number of fused-ring (bicyclic) bond motifs is 1. The first-order chi connectivity index (χ1) is 13.9. The number of hydrogen-bond acceptors (Lipinski definition) is 7. The molecule has 0 heterocycles. The van der Waals surface area contributed by atoms with Gasteiger partial charge in [-0.3, -0.25) is 4.79 Å². The average Bonchev–Trinajstić information content (AvgIpc) is 2.70. The minimum absolute atomic E-state index is 0.208. The Balaban J connectivity index is 1.71. The van der Waals surface area contributed by atoms with Crippen molar-refractivity contribution >= 4 is 46.3 Å². The Bertz CT molecular complexity index is 826. The first-order valence-corrected chi connectivity index (χ1v) is 10.8. The molecule has 0 radical (unpaired) electrons. The van der Waals surface area contributed by atoms with Crippen LogP contribution in [-0.4, -0.2) is 49.5 Å². The van der Waals surface area contributed by atoms with Crippen LogP contribution in [0, 0.1) is 0 Å². The van der Waals surface area contributed by atoms with E-state index in [9.17, 15) is 9.59 Å². The Morgan fingerprint density at radius 1 is 1.00 bits per heavy atom. The number of alkyl halides is 1. The number of carbonyl (C=O) groups excluding carboxylic acids is 2. The van der Waals surface area contributed by atoms with Crippen molar-refractivity contribution in [3.05, 3.63) is 42.0 Å². The first kappa shape index (κ1) is 23.2. The van der Waals surface area contributed by atoms with Gasteiger partial charge in [0.15, 0.2) is 5.56 Å². The molecule has 2 atom stereocenters. The molecule has 0 saturated heterocycles. The van der Waals surface area contributed by atoms with Crippen molar-refractivity contribution in [2.24, 2.45) is 0 Å². The van der Waals surface area contributed by atoms with E-state index in [1.807, 2.05) is 43.3 Å². The predicted octanol–water partition coefficient (Wildman–Crippen LogP) is 4.97. The van der Waals surface area contributed by atoms with Gasteiger partial charge < -0.3 is 18.9 Å². The van der Waals surface area contributed by atoms with Gasteiger partial charge in [-0.1, -0.05) is 35.9 Å². The lowest BCUT2D eigenvalue weighted by molar-refractivity contribution is -0.144. The second-order valence-corrected chi connectivity index (χ2v) is 8.07. The van der Waals surface area contributed by atoms with Crippen molar-refractivity contribution in [1.29, 1.82) is 0 Å². The monoisotopic (exact) mass is 440 g/mol. The number of methoxy groups -OCH3 is 1. The van der Waals surface area contributed by atoms with Crippen LogP contribution in [0.5, 0.6) is 5.75 Å². The van der Waals surface area contributed by atoms with Gasteiger partial charge in [-0.15, -0.1) is 0 Å². The molecule has 0 spiro atoms. The summed E-state index contributed by atoms with van der Waals surface area (Å²) >= 11 is 7.03. The van der Waals surface area contributed by atoms with Crippen molar-refractivity contribution in [3.8, 4) is 5.75 Å². The molecule has 0 aliphatic heterocycles. The average molecular weight is 441 g/mol. The molecule has 0 aromatic heterocycles. The van der Waals surface area contributed by atoms with Crippen LogP contribution in [0.25, 0.3) is 10.8 Å². The molecule has 0 amide bonds.